The first-order chi connectivity index (χ1) is 17.1. The van der Waals surface area contributed by atoms with Gasteiger partial charge in [0.15, 0.2) is 11.0 Å². The molecule has 10 heteroatoms. The maximum atomic E-state index is 15.5. The number of hydrogen-bond donors (Lipinski definition) is 3. The summed E-state index contributed by atoms with van der Waals surface area (Å²) in [6.07, 6.45) is 1.32. The zero-order chi connectivity index (χ0) is 26.0. The smallest absolute Gasteiger partial charge is 0.251 e. The van der Waals surface area contributed by atoms with Crippen LogP contribution in [0.1, 0.15) is 31.1 Å². The van der Waals surface area contributed by atoms with Gasteiger partial charge >= 0.3 is 0 Å². The molecule has 1 atom stereocenters. The van der Waals surface area contributed by atoms with Crippen LogP contribution in [-0.2, 0) is 0 Å². The minimum atomic E-state index is -0.366. The topological polar surface area (TPSA) is 99.4 Å². The minimum absolute atomic E-state index is 0.0239. The van der Waals surface area contributed by atoms with E-state index in [4.69, 9.17) is 17.3 Å². The number of carbonyl (C=O) groups is 1. The third-order valence-corrected chi connectivity index (χ3v) is 6.65. The zero-order valence-corrected chi connectivity index (χ0v) is 21.6. The Hall–Kier alpha value is -3.43. The molecule has 8 nitrogen and oxygen atoms in total. The highest BCUT2D eigenvalue weighted by Crippen LogP contribution is 2.38. The molecule has 36 heavy (non-hydrogen) atoms. The maximum absolute atomic E-state index is 15.5. The van der Waals surface area contributed by atoms with Crippen molar-refractivity contribution < 1.29 is 9.18 Å². The molecular weight excluding hydrogens is 481 g/mol. The van der Waals surface area contributed by atoms with Gasteiger partial charge in [0.05, 0.1) is 11.4 Å². The molecule has 2 aromatic carbocycles. The van der Waals surface area contributed by atoms with Crippen molar-refractivity contribution in [2.75, 3.05) is 42.6 Å². The number of carbonyl (C=O) groups excluding carboxylic acids is 1. The first-order valence-corrected chi connectivity index (χ1v) is 12.2. The molecule has 4 N–H and O–H groups in total. The van der Waals surface area contributed by atoms with Gasteiger partial charge in [0.2, 0.25) is 0 Å². The van der Waals surface area contributed by atoms with Crippen LogP contribution in [0.4, 0.5) is 27.3 Å². The number of nitrogens with one attached hydrogen (secondary N) is 2. The van der Waals surface area contributed by atoms with E-state index < -0.39 is 0 Å². The Bertz CT molecular complexity index is 1250. The molecular formula is C26H31ClFN7O. The molecule has 1 aromatic heterocycles. The van der Waals surface area contributed by atoms with E-state index in [1.807, 2.05) is 13.8 Å². The second-order valence-electron chi connectivity index (χ2n) is 9.38. The van der Waals surface area contributed by atoms with Crippen molar-refractivity contribution in [3.05, 3.63) is 59.3 Å². The van der Waals surface area contributed by atoms with Gasteiger partial charge in [-0.2, -0.15) is 0 Å². The number of hydrogen-bond acceptors (Lipinski definition) is 7. The van der Waals surface area contributed by atoms with E-state index in [1.54, 1.807) is 30.3 Å². The molecule has 1 saturated heterocycles. The lowest BCUT2D eigenvalue weighted by Gasteiger charge is -2.39. The van der Waals surface area contributed by atoms with Gasteiger partial charge in [-0.05, 0) is 57.6 Å². The van der Waals surface area contributed by atoms with Gasteiger partial charge in [-0.1, -0.05) is 23.7 Å². The highest BCUT2D eigenvalue weighted by Gasteiger charge is 2.25. The standard InChI is InChI=1S/C26H31ClFN7O/c1-15(2)32-26(36)18-7-5-17(6-8-18)19-11-21(33-25-23(29)24(27)30-14-31-25)22(12-20(19)28)35-10-9-34(4)16(3)13-35/h5-8,11-12,14-16H,9-10,13,29H2,1-4H3,(H,32,36)(H,30,31,33)/t16-/m0/s1. The van der Waals surface area contributed by atoms with Gasteiger partial charge in [-0.25, -0.2) is 14.4 Å². The average Bonchev–Trinajstić information content (AvgIpc) is 2.84. The SMILES string of the molecule is CC(C)NC(=O)c1ccc(-c2cc(Nc3ncnc(Cl)c3N)c(N3CCN(C)[C@@H](C)C3)cc2F)cc1. The highest BCUT2D eigenvalue weighted by atomic mass is 35.5. The van der Waals surface area contributed by atoms with Crippen molar-refractivity contribution in [3.63, 3.8) is 0 Å². The number of benzene rings is 2. The summed E-state index contributed by atoms with van der Waals surface area (Å²) in [4.78, 5) is 24.9. The van der Waals surface area contributed by atoms with E-state index in [-0.39, 0.29) is 28.6 Å². The van der Waals surface area contributed by atoms with Crippen molar-refractivity contribution in [2.45, 2.75) is 32.9 Å². The van der Waals surface area contributed by atoms with Gasteiger partial charge < -0.3 is 26.2 Å². The van der Waals surface area contributed by atoms with Crippen molar-refractivity contribution in [1.29, 1.82) is 0 Å². The molecule has 0 spiro atoms. The number of nitrogens with zero attached hydrogens (tertiary/aromatic N) is 4. The zero-order valence-electron chi connectivity index (χ0n) is 20.8. The van der Waals surface area contributed by atoms with Crippen LogP contribution in [0.5, 0.6) is 0 Å². The van der Waals surface area contributed by atoms with Crippen LogP contribution in [-0.4, -0.2) is 59.5 Å². The summed E-state index contributed by atoms with van der Waals surface area (Å²) in [5.41, 5.74) is 9.21. The molecule has 0 bridgehead atoms. The molecule has 4 rings (SSSR count). The summed E-state index contributed by atoms with van der Waals surface area (Å²) >= 11 is 6.10. The van der Waals surface area contributed by atoms with Gasteiger partial charge in [-0.15, -0.1) is 0 Å². The number of rotatable bonds is 6. The molecule has 0 radical (unpaired) electrons. The van der Waals surface area contributed by atoms with E-state index in [1.165, 1.54) is 12.4 Å². The largest absolute Gasteiger partial charge is 0.393 e. The number of anilines is 4. The Kier molecular flexibility index (Phi) is 7.61. The second-order valence-corrected chi connectivity index (χ2v) is 9.74. The van der Waals surface area contributed by atoms with Crippen molar-refractivity contribution in [1.82, 2.24) is 20.2 Å². The molecule has 0 saturated carbocycles. The number of likely N-dealkylation sites (N-methyl/N-ethyl adjacent to an activating group) is 1. The van der Waals surface area contributed by atoms with Crippen LogP contribution in [0.25, 0.3) is 11.1 Å². The number of nitrogen functional groups attached to an aromatic ring is 1. The Morgan fingerprint density at radius 1 is 1.19 bits per heavy atom. The van der Waals surface area contributed by atoms with Crippen molar-refractivity contribution in [3.8, 4) is 11.1 Å². The third-order valence-electron chi connectivity index (χ3n) is 6.35. The fourth-order valence-electron chi connectivity index (χ4n) is 4.16. The summed E-state index contributed by atoms with van der Waals surface area (Å²) in [5.74, 6) is -0.193. The van der Waals surface area contributed by atoms with Crippen LogP contribution in [0.15, 0.2) is 42.7 Å². The number of nitrogens with two attached hydrogens (primary N) is 1. The van der Waals surface area contributed by atoms with Crippen LogP contribution >= 0.6 is 11.6 Å². The van der Waals surface area contributed by atoms with Crippen LogP contribution in [0.3, 0.4) is 0 Å². The quantitative estimate of drug-likeness (QED) is 0.418. The predicted molar refractivity (Wildman–Crippen MR) is 143 cm³/mol. The Balaban J connectivity index is 1.74. The molecule has 0 unspecified atom stereocenters. The summed E-state index contributed by atoms with van der Waals surface area (Å²) in [6.45, 7) is 8.28. The third kappa shape index (κ3) is 5.52. The van der Waals surface area contributed by atoms with E-state index in [0.29, 0.717) is 39.9 Å². The maximum Gasteiger partial charge on any atom is 0.251 e. The lowest BCUT2D eigenvalue weighted by molar-refractivity contribution is 0.0943. The van der Waals surface area contributed by atoms with Crippen LogP contribution in [0, 0.1) is 5.82 Å². The summed E-state index contributed by atoms with van der Waals surface area (Å²) in [7, 11) is 2.08. The lowest BCUT2D eigenvalue weighted by Crippen LogP contribution is -2.50. The fourth-order valence-corrected chi connectivity index (χ4v) is 4.29. The molecule has 190 valence electrons. The van der Waals surface area contributed by atoms with Gasteiger partial charge in [0, 0.05) is 42.8 Å². The Morgan fingerprint density at radius 2 is 1.92 bits per heavy atom. The van der Waals surface area contributed by atoms with Crippen molar-refractivity contribution >= 4 is 40.4 Å². The number of halogens is 2. The first kappa shape index (κ1) is 25.7. The second kappa shape index (κ2) is 10.7. The normalized spacial score (nSPS) is 16.3. The van der Waals surface area contributed by atoms with E-state index in [9.17, 15) is 4.79 Å². The lowest BCUT2D eigenvalue weighted by atomic mass is 10.0. The predicted octanol–water partition coefficient (Wildman–Crippen LogP) is 4.54. The van der Waals surface area contributed by atoms with E-state index in [0.717, 1.165) is 19.6 Å². The average molecular weight is 512 g/mol. The fraction of sp³-hybridized carbons (Fsp3) is 0.346. The van der Waals surface area contributed by atoms with E-state index in [2.05, 4.69) is 44.4 Å². The molecule has 0 aliphatic carbocycles. The Morgan fingerprint density at radius 3 is 2.58 bits per heavy atom. The number of aromatic nitrogens is 2. The molecule has 1 amide bonds. The van der Waals surface area contributed by atoms with Crippen LogP contribution < -0.4 is 21.3 Å². The summed E-state index contributed by atoms with van der Waals surface area (Å²) in [5, 5.41) is 6.25. The monoisotopic (exact) mass is 511 g/mol. The Labute approximate surface area is 215 Å². The first-order valence-electron chi connectivity index (χ1n) is 11.9. The summed E-state index contributed by atoms with van der Waals surface area (Å²) < 4.78 is 15.5. The molecule has 2 heterocycles. The molecule has 3 aromatic rings. The molecule has 1 aliphatic rings. The molecule has 1 fully saturated rings. The number of amides is 1. The van der Waals surface area contributed by atoms with E-state index >= 15 is 4.39 Å². The van der Waals surface area contributed by atoms with Gasteiger partial charge in [-0.3, -0.25) is 4.79 Å². The van der Waals surface area contributed by atoms with Crippen molar-refractivity contribution in [2.24, 2.45) is 0 Å². The van der Waals surface area contributed by atoms with Gasteiger partial charge in [0.25, 0.3) is 5.91 Å². The minimum Gasteiger partial charge on any atom is -0.393 e. The highest BCUT2D eigenvalue weighted by molar-refractivity contribution is 6.32. The molecule has 1 aliphatic heterocycles. The number of piperazine rings is 1. The van der Waals surface area contributed by atoms with Crippen LogP contribution in [0.2, 0.25) is 5.15 Å². The summed E-state index contributed by atoms with van der Waals surface area (Å²) in [6, 6.07) is 10.5. The van der Waals surface area contributed by atoms with Gasteiger partial charge in [0.1, 0.15) is 17.8 Å².